The molecule has 1 radical (unpaired) electrons. The molecule has 0 atom stereocenters. The van der Waals surface area contributed by atoms with Crippen LogP contribution in [-0.2, 0) is 0 Å². The molecule has 2 aromatic rings. The average Bonchev–Trinajstić information content (AvgIpc) is 2.24. The van der Waals surface area contributed by atoms with Crippen LogP contribution in [0.2, 0.25) is 10.0 Å². The van der Waals surface area contributed by atoms with Crippen LogP contribution >= 0.6 is 23.2 Å². The van der Waals surface area contributed by atoms with E-state index in [0.717, 1.165) is 21.2 Å². The molecular formula is C13H9Cl2. The van der Waals surface area contributed by atoms with Crippen molar-refractivity contribution in [2.45, 2.75) is 0 Å². The van der Waals surface area contributed by atoms with Gasteiger partial charge in [0.2, 0.25) is 0 Å². The Morgan fingerprint density at radius 1 is 0.667 bits per heavy atom. The zero-order valence-corrected chi connectivity index (χ0v) is 9.46. The maximum Gasteiger partial charge on any atom is 0.0444 e. The van der Waals surface area contributed by atoms with Crippen molar-refractivity contribution in [3.63, 3.8) is 0 Å². The fourth-order valence-electron chi connectivity index (χ4n) is 1.35. The molecule has 0 nitrogen and oxygen atoms in total. The third kappa shape index (κ3) is 2.53. The largest absolute Gasteiger partial charge is 0.0840 e. The summed E-state index contributed by atoms with van der Waals surface area (Å²) in [5.41, 5.74) is 1.96. The van der Waals surface area contributed by atoms with Crippen LogP contribution < -0.4 is 0 Å². The molecule has 0 spiro atoms. The van der Waals surface area contributed by atoms with Crippen LogP contribution in [-0.4, -0.2) is 0 Å². The van der Waals surface area contributed by atoms with Gasteiger partial charge in [0, 0.05) is 16.5 Å². The van der Waals surface area contributed by atoms with E-state index in [4.69, 9.17) is 23.2 Å². The minimum Gasteiger partial charge on any atom is -0.0840 e. The molecule has 2 aromatic carbocycles. The summed E-state index contributed by atoms with van der Waals surface area (Å²) in [6.07, 6.45) is 1.98. The zero-order valence-electron chi connectivity index (χ0n) is 7.95. The molecule has 0 fully saturated rings. The Hall–Kier alpha value is -0.980. The van der Waals surface area contributed by atoms with Gasteiger partial charge < -0.3 is 0 Å². The maximum atomic E-state index is 6.05. The molecule has 0 aliphatic heterocycles. The Morgan fingerprint density at radius 2 is 1.07 bits per heavy atom. The second-order valence-corrected chi connectivity index (χ2v) is 4.00. The van der Waals surface area contributed by atoms with E-state index in [1.807, 2.05) is 55.0 Å². The molecule has 2 rings (SSSR count). The van der Waals surface area contributed by atoms with Gasteiger partial charge in [-0.3, -0.25) is 0 Å². The Bertz CT molecular complexity index is 420. The topological polar surface area (TPSA) is 0 Å². The Kier molecular flexibility index (Phi) is 3.30. The molecular weight excluding hydrogens is 227 g/mol. The van der Waals surface area contributed by atoms with Crippen LogP contribution in [0.4, 0.5) is 0 Å². The van der Waals surface area contributed by atoms with Crippen LogP contribution in [0.3, 0.4) is 0 Å². The third-order valence-corrected chi connectivity index (χ3v) is 2.81. The lowest BCUT2D eigenvalue weighted by Crippen LogP contribution is -1.86. The first kappa shape index (κ1) is 10.5. The van der Waals surface area contributed by atoms with E-state index in [1.165, 1.54) is 0 Å². The van der Waals surface area contributed by atoms with Crippen molar-refractivity contribution in [2.24, 2.45) is 0 Å². The van der Waals surface area contributed by atoms with Crippen molar-refractivity contribution < 1.29 is 0 Å². The first-order valence-corrected chi connectivity index (χ1v) is 5.37. The first-order chi connectivity index (χ1) is 7.27. The van der Waals surface area contributed by atoms with E-state index in [-0.39, 0.29) is 0 Å². The Balaban J connectivity index is 2.30. The highest BCUT2D eigenvalue weighted by Crippen LogP contribution is 2.24. The molecule has 0 aliphatic carbocycles. The number of benzene rings is 2. The molecule has 0 saturated carbocycles. The number of rotatable bonds is 2. The molecule has 0 aromatic heterocycles. The third-order valence-electron chi connectivity index (χ3n) is 2.12. The highest BCUT2D eigenvalue weighted by Gasteiger charge is 2.03. The molecule has 75 valence electrons. The summed E-state index contributed by atoms with van der Waals surface area (Å²) in [5, 5.41) is 1.47. The monoisotopic (exact) mass is 235 g/mol. The molecule has 0 heterocycles. The number of halogens is 2. The highest BCUT2D eigenvalue weighted by molar-refractivity contribution is 6.32. The van der Waals surface area contributed by atoms with Gasteiger partial charge in [-0.15, -0.1) is 0 Å². The number of hydrogen-bond donors (Lipinski definition) is 0. The van der Waals surface area contributed by atoms with Gasteiger partial charge in [-0.05, 0) is 23.3 Å². The lowest BCUT2D eigenvalue weighted by atomic mass is 10.1. The Labute approximate surface area is 99.5 Å². The molecule has 0 aliphatic rings. The molecule has 0 saturated heterocycles. The maximum absolute atomic E-state index is 6.05. The minimum absolute atomic E-state index is 0.734. The van der Waals surface area contributed by atoms with Crippen molar-refractivity contribution in [3.8, 4) is 0 Å². The quantitative estimate of drug-likeness (QED) is 0.715. The van der Waals surface area contributed by atoms with Crippen LogP contribution in [0.5, 0.6) is 0 Å². The first-order valence-electron chi connectivity index (χ1n) is 4.61. The second kappa shape index (κ2) is 4.69. The lowest BCUT2D eigenvalue weighted by Gasteiger charge is -2.05. The molecule has 0 bridgehead atoms. The summed E-state index contributed by atoms with van der Waals surface area (Å²) in [7, 11) is 0. The van der Waals surface area contributed by atoms with Gasteiger partial charge in [-0.2, -0.15) is 0 Å². The molecule has 2 heteroatoms. The zero-order chi connectivity index (χ0) is 10.7. The average molecular weight is 236 g/mol. The van der Waals surface area contributed by atoms with E-state index >= 15 is 0 Å². The SMILES string of the molecule is Clc1ccccc1[CH]c1ccccc1Cl. The summed E-state index contributed by atoms with van der Waals surface area (Å²) in [5.74, 6) is 0. The van der Waals surface area contributed by atoms with Crippen molar-refractivity contribution in [3.05, 3.63) is 76.1 Å². The van der Waals surface area contributed by atoms with E-state index < -0.39 is 0 Å². The second-order valence-electron chi connectivity index (χ2n) is 3.19. The normalized spacial score (nSPS) is 10.3. The van der Waals surface area contributed by atoms with E-state index in [2.05, 4.69) is 0 Å². The van der Waals surface area contributed by atoms with Crippen molar-refractivity contribution in [2.75, 3.05) is 0 Å². The summed E-state index contributed by atoms with van der Waals surface area (Å²) < 4.78 is 0. The summed E-state index contributed by atoms with van der Waals surface area (Å²) in [6.45, 7) is 0. The lowest BCUT2D eigenvalue weighted by molar-refractivity contribution is 1.43. The fourth-order valence-corrected chi connectivity index (χ4v) is 1.73. The standard InChI is InChI=1S/C13H9Cl2/c14-12-7-3-1-5-10(12)9-11-6-2-4-8-13(11)15/h1-9H. The molecule has 0 N–H and O–H groups in total. The van der Waals surface area contributed by atoms with E-state index in [1.54, 1.807) is 0 Å². The van der Waals surface area contributed by atoms with E-state index in [9.17, 15) is 0 Å². The van der Waals surface area contributed by atoms with Crippen molar-refractivity contribution in [1.29, 1.82) is 0 Å². The highest BCUT2D eigenvalue weighted by atomic mass is 35.5. The van der Waals surface area contributed by atoms with Gasteiger partial charge in [0.1, 0.15) is 0 Å². The summed E-state index contributed by atoms with van der Waals surface area (Å²) >= 11 is 12.1. The number of hydrogen-bond acceptors (Lipinski definition) is 0. The molecule has 0 amide bonds. The van der Waals surface area contributed by atoms with Gasteiger partial charge >= 0.3 is 0 Å². The van der Waals surface area contributed by atoms with Gasteiger partial charge in [-0.25, -0.2) is 0 Å². The van der Waals surface area contributed by atoms with Crippen LogP contribution in [0.1, 0.15) is 11.1 Å². The van der Waals surface area contributed by atoms with Crippen LogP contribution in [0.25, 0.3) is 0 Å². The van der Waals surface area contributed by atoms with E-state index in [0.29, 0.717) is 0 Å². The predicted molar refractivity (Wildman–Crippen MR) is 65.4 cm³/mol. The van der Waals surface area contributed by atoms with Crippen LogP contribution in [0, 0.1) is 6.42 Å². The smallest absolute Gasteiger partial charge is 0.0444 e. The predicted octanol–water partition coefficient (Wildman–Crippen LogP) is 4.59. The minimum atomic E-state index is 0.734. The van der Waals surface area contributed by atoms with Gasteiger partial charge in [0.15, 0.2) is 0 Å². The Morgan fingerprint density at radius 3 is 1.47 bits per heavy atom. The van der Waals surface area contributed by atoms with Gasteiger partial charge in [0.05, 0.1) is 0 Å². The summed E-state index contributed by atoms with van der Waals surface area (Å²) in [6, 6.07) is 15.4. The van der Waals surface area contributed by atoms with Crippen molar-refractivity contribution in [1.82, 2.24) is 0 Å². The van der Waals surface area contributed by atoms with Crippen LogP contribution in [0.15, 0.2) is 48.5 Å². The molecule has 15 heavy (non-hydrogen) atoms. The molecule has 0 unspecified atom stereocenters. The van der Waals surface area contributed by atoms with Crippen molar-refractivity contribution >= 4 is 23.2 Å². The fraction of sp³-hybridized carbons (Fsp3) is 0. The summed E-state index contributed by atoms with van der Waals surface area (Å²) in [4.78, 5) is 0. The van der Waals surface area contributed by atoms with Gasteiger partial charge in [0.25, 0.3) is 0 Å². The van der Waals surface area contributed by atoms with Gasteiger partial charge in [-0.1, -0.05) is 59.6 Å².